The van der Waals surface area contributed by atoms with Crippen molar-refractivity contribution in [1.29, 1.82) is 0 Å². The zero-order valence-electron chi connectivity index (χ0n) is 10.8. The van der Waals surface area contributed by atoms with E-state index in [2.05, 4.69) is 4.72 Å². The van der Waals surface area contributed by atoms with E-state index in [9.17, 15) is 17.6 Å². The topological polar surface area (TPSA) is 83.5 Å². The zero-order valence-corrected chi connectivity index (χ0v) is 11.6. The number of carboxylic acids is 1. The highest BCUT2D eigenvalue weighted by molar-refractivity contribution is 7.89. The van der Waals surface area contributed by atoms with Gasteiger partial charge in [-0.2, -0.15) is 0 Å². The first kappa shape index (κ1) is 14.9. The van der Waals surface area contributed by atoms with E-state index in [-0.39, 0.29) is 6.42 Å². The molecule has 1 aromatic carbocycles. The van der Waals surface area contributed by atoms with E-state index < -0.39 is 38.7 Å². The molecular formula is C13H16FNO4S. The standard InChI is InChI=1S/C13H16FNO4S/c14-11-6-1-2-7-12(11)20(18,19)15-10-5-3-4-9(8-10)13(16)17/h1-2,6-7,9-10,15H,3-5,8H2,(H,16,17). The summed E-state index contributed by atoms with van der Waals surface area (Å²) in [6, 6.07) is 4.66. The summed E-state index contributed by atoms with van der Waals surface area (Å²) in [4.78, 5) is 10.5. The molecule has 0 bridgehead atoms. The second-order valence-corrected chi connectivity index (χ2v) is 6.63. The molecule has 0 spiro atoms. The van der Waals surface area contributed by atoms with Crippen LogP contribution in [0.5, 0.6) is 0 Å². The first-order valence-electron chi connectivity index (χ1n) is 6.40. The van der Waals surface area contributed by atoms with Gasteiger partial charge in [0.05, 0.1) is 5.92 Å². The van der Waals surface area contributed by atoms with Crippen molar-refractivity contribution in [2.45, 2.75) is 36.6 Å². The zero-order chi connectivity index (χ0) is 14.8. The van der Waals surface area contributed by atoms with Crippen molar-refractivity contribution in [1.82, 2.24) is 4.72 Å². The molecule has 2 unspecified atom stereocenters. The second-order valence-electron chi connectivity index (χ2n) is 4.95. The van der Waals surface area contributed by atoms with Crippen LogP contribution in [0.4, 0.5) is 4.39 Å². The fraction of sp³-hybridized carbons (Fsp3) is 0.462. The van der Waals surface area contributed by atoms with Gasteiger partial charge in [0.2, 0.25) is 10.0 Å². The van der Waals surface area contributed by atoms with Crippen LogP contribution in [-0.2, 0) is 14.8 Å². The summed E-state index contributed by atoms with van der Waals surface area (Å²) in [5, 5.41) is 8.98. The van der Waals surface area contributed by atoms with Crippen LogP contribution in [0.2, 0.25) is 0 Å². The minimum absolute atomic E-state index is 0.239. The van der Waals surface area contributed by atoms with Crippen LogP contribution in [-0.4, -0.2) is 25.5 Å². The fourth-order valence-corrected chi connectivity index (χ4v) is 3.83. The third-order valence-electron chi connectivity index (χ3n) is 3.47. The predicted molar refractivity (Wildman–Crippen MR) is 70.1 cm³/mol. The molecule has 1 aromatic rings. The van der Waals surface area contributed by atoms with Crippen LogP contribution in [0.25, 0.3) is 0 Å². The maximum Gasteiger partial charge on any atom is 0.306 e. The van der Waals surface area contributed by atoms with Gasteiger partial charge in [0, 0.05) is 6.04 Å². The number of carbonyl (C=O) groups is 1. The lowest BCUT2D eigenvalue weighted by atomic mass is 9.86. The normalized spacial score (nSPS) is 23.4. The van der Waals surface area contributed by atoms with Gasteiger partial charge in [-0.25, -0.2) is 17.5 Å². The molecular weight excluding hydrogens is 285 g/mol. The Morgan fingerprint density at radius 3 is 2.65 bits per heavy atom. The van der Waals surface area contributed by atoms with Gasteiger partial charge in [0.25, 0.3) is 0 Å². The molecule has 1 aliphatic carbocycles. The largest absolute Gasteiger partial charge is 0.481 e. The van der Waals surface area contributed by atoms with Crippen LogP contribution >= 0.6 is 0 Å². The molecule has 0 aliphatic heterocycles. The van der Waals surface area contributed by atoms with E-state index in [0.29, 0.717) is 19.3 Å². The third-order valence-corrected chi connectivity index (χ3v) is 5.03. The third kappa shape index (κ3) is 3.34. The minimum Gasteiger partial charge on any atom is -0.481 e. The van der Waals surface area contributed by atoms with Gasteiger partial charge in [-0.1, -0.05) is 18.6 Å². The quantitative estimate of drug-likeness (QED) is 0.887. The van der Waals surface area contributed by atoms with Crippen molar-refractivity contribution in [3.8, 4) is 0 Å². The molecule has 20 heavy (non-hydrogen) atoms. The van der Waals surface area contributed by atoms with Gasteiger partial charge in [-0.15, -0.1) is 0 Å². The van der Waals surface area contributed by atoms with Gasteiger partial charge in [-0.05, 0) is 31.4 Å². The predicted octanol–water partition coefficient (Wildman–Crippen LogP) is 1.75. The van der Waals surface area contributed by atoms with E-state index in [1.807, 2.05) is 0 Å². The number of hydrogen-bond acceptors (Lipinski definition) is 3. The van der Waals surface area contributed by atoms with Crippen molar-refractivity contribution < 1.29 is 22.7 Å². The molecule has 1 saturated carbocycles. The fourth-order valence-electron chi connectivity index (χ4n) is 2.47. The molecule has 0 heterocycles. The van der Waals surface area contributed by atoms with E-state index in [0.717, 1.165) is 6.07 Å². The lowest BCUT2D eigenvalue weighted by Crippen LogP contribution is -2.40. The lowest BCUT2D eigenvalue weighted by Gasteiger charge is -2.27. The monoisotopic (exact) mass is 301 g/mol. The van der Waals surface area contributed by atoms with Crippen molar-refractivity contribution >= 4 is 16.0 Å². The maximum atomic E-state index is 13.5. The number of nitrogens with one attached hydrogen (secondary N) is 1. The smallest absolute Gasteiger partial charge is 0.306 e. The summed E-state index contributed by atoms with van der Waals surface area (Å²) >= 11 is 0. The number of aliphatic carboxylic acids is 1. The summed E-state index contributed by atoms with van der Waals surface area (Å²) in [7, 11) is -3.96. The van der Waals surface area contributed by atoms with Gasteiger partial charge in [0.15, 0.2) is 0 Å². The highest BCUT2D eigenvalue weighted by atomic mass is 32.2. The summed E-state index contributed by atoms with van der Waals surface area (Å²) in [5.41, 5.74) is 0. The Bertz CT molecular complexity index is 602. The van der Waals surface area contributed by atoms with Crippen molar-refractivity contribution in [2.75, 3.05) is 0 Å². The highest BCUT2D eigenvalue weighted by Crippen LogP contribution is 2.26. The lowest BCUT2D eigenvalue weighted by molar-refractivity contribution is -0.143. The molecule has 0 saturated heterocycles. The van der Waals surface area contributed by atoms with Gasteiger partial charge >= 0.3 is 5.97 Å². The molecule has 2 rings (SSSR count). The minimum atomic E-state index is -3.96. The summed E-state index contributed by atoms with van der Waals surface area (Å²) in [6.45, 7) is 0. The number of halogens is 1. The first-order chi connectivity index (χ1) is 9.40. The number of carboxylic acid groups (broad SMARTS) is 1. The molecule has 0 amide bonds. The van der Waals surface area contributed by atoms with Crippen molar-refractivity contribution in [3.05, 3.63) is 30.1 Å². The Labute approximate surface area is 116 Å². The molecule has 5 nitrogen and oxygen atoms in total. The van der Waals surface area contributed by atoms with Crippen molar-refractivity contribution in [3.63, 3.8) is 0 Å². The molecule has 0 aromatic heterocycles. The van der Waals surface area contributed by atoms with Crippen LogP contribution in [0.1, 0.15) is 25.7 Å². The molecule has 2 N–H and O–H groups in total. The van der Waals surface area contributed by atoms with E-state index in [1.54, 1.807) is 0 Å². The molecule has 110 valence electrons. The summed E-state index contributed by atoms with van der Waals surface area (Å²) in [5.74, 6) is -2.28. The first-order valence-corrected chi connectivity index (χ1v) is 7.88. The average Bonchev–Trinajstić information content (AvgIpc) is 2.38. The Hall–Kier alpha value is -1.47. The molecule has 0 radical (unpaired) electrons. The van der Waals surface area contributed by atoms with Crippen LogP contribution in [0.3, 0.4) is 0 Å². The number of sulfonamides is 1. The van der Waals surface area contributed by atoms with Gasteiger partial charge in [0.1, 0.15) is 10.7 Å². The van der Waals surface area contributed by atoms with Gasteiger partial charge < -0.3 is 5.11 Å². The summed E-state index contributed by atoms with van der Waals surface area (Å²) in [6.07, 6.45) is 2.00. The van der Waals surface area contributed by atoms with Crippen molar-refractivity contribution in [2.24, 2.45) is 5.92 Å². The molecule has 2 atom stereocenters. The van der Waals surface area contributed by atoms with Crippen LogP contribution < -0.4 is 4.72 Å². The average molecular weight is 301 g/mol. The Balaban J connectivity index is 2.13. The SMILES string of the molecule is O=C(O)C1CCCC(NS(=O)(=O)c2ccccc2F)C1. The molecule has 7 heteroatoms. The number of benzene rings is 1. The van der Waals surface area contributed by atoms with E-state index in [4.69, 9.17) is 5.11 Å². The molecule has 1 aliphatic rings. The second kappa shape index (κ2) is 5.88. The number of rotatable bonds is 4. The van der Waals surface area contributed by atoms with E-state index in [1.165, 1.54) is 18.2 Å². The maximum absolute atomic E-state index is 13.5. The Morgan fingerprint density at radius 1 is 1.30 bits per heavy atom. The molecule has 1 fully saturated rings. The van der Waals surface area contributed by atoms with Crippen LogP contribution in [0, 0.1) is 11.7 Å². The van der Waals surface area contributed by atoms with E-state index >= 15 is 0 Å². The Morgan fingerprint density at radius 2 is 2.00 bits per heavy atom. The summed E-state index contributed by atoms with van der Waals surface area (Å²) < 4.78 is 40.1. The Kier molecular flexibility index (Phi) is 4.39. The number of hydrogen-bond donors (Lipinski definition) is 2. The van der Waals surface area contributed by atoms with Gasteiger partial charge in [-0.3, -0.25) is 4.79 Å². The highest BCUT2D eigenvalue weighted by Gasteiger charge is 2.30. The van der Waals surface area contributed by atoms with Crippen LogP contribution in [0.15, 0.2) is 29.2 Å².